The zero-order valence-electron chi connectivity index (χ0n) is 13.9. The van der Waals surface area contributed by atoms with Crippen molar-refractivity contribution in [2.45, 2.75) is 83.7 Å². The van der Waals surface area contributed by atoms with Crippen molar-refractivity contribution in [3.05, 3.63) is 0 Å². The minimum Gasteiger partial charge on any atom is -0.338 e. The maximum atomic E-state index is 13.2. The summed E-state index contributed by atoms with van der Waals surface area (Å²) in [6, 6.07) is 1.09. The van der Waals surface area contributed by atoms with E-state index in [1.165, 1.54) is 51.4 Å². The van der Waals surface area contributed by atoms with E-state index in [1.54, 1.807) is 0 Å². The quantitative estimate of drug-likeness (QED) is 0.862. The molecule has 1 amide bonds. The van der Waals surface area contributed by atoms with Crippen LogP contribution in [0.2, 0.25) is 0 Å². The summed E-state index contributed by atoms with van der Waals surface area (Å²) < 4.78 is 0. The molecule has 21 heavy (non-hydrogen) atoms. The van der Waals surface area contributed by atoms with Crippen LogP contribution in [0.5, 0.6) is 0 Å². The number of nitrogens with zero attached hydrogens (tertiary/aromatic N) is 1. The van der Waals surface area contributed by atoms with E-state index in [0.717, 1.165) is 19.5 Å². The Balaban J connectivity index is 1.66. The van der Waals surface area contributed by atoms with Crippen molar-refractivity contribution in [2.24, 2.45) is 11.3 Å². The highest BCUT2D eigenvalue weighted by molar-refractivity contribution is 5.80. The Morgan fingerprint density at radius 2 is 1.86 bits per heavy atom. The molecule has 0 aromatic rings. The van der Waals surface area contributed by atoms with E-state index in [-0.39, 0.29) is 11.3 Å². The van der Waals surface area contributed by atoms with Crippen molar-refractivity contribution in [2.75, 3.05) is 13.1 Å². The van der Waals surface area contributed by atoms with Gasteiger partial charge in [-0.2, -0.15) is 0 Å². The van der Waals surface area contributed by atoms with Crippen LogP contribution in [-0.4, -0.2) is 36.0 Å². The molecular formula is C18H32N2O. The SMILES string of the molecule is CC1(C)CCCCC1C(=O)N(CC1CCCCN1)C1CC1. The van der Waals surface area contributed by atoms with Crippen LogP contribution in [0, 0.1) is 11.3 Å². The topological polar surface area (TPSA) is 32.3 Å². The largest absolute Gasteiger partial charge is 0.338 e. The van der Waals surface area contributed by atoms with Gasteiger partial charge in [-0.1, -0.05) is 33.1 Å². The van der Waals surface area contributed by atoms with Gasteiger partial charge in [0, 0.05) is 24.5 Å². The average Bonchev–Trinajstić information content (AvgIpc) is 3.29. The fourth-order valence-corrected chi connectivity index (χ4v) is 4.27. The molecule has 2 unspecified atom stereocenters. The van der Waals surface area contributed by atoms with Gasteiger partial charge in [0.2, 0.25) is 5.91 Å². The normalized spacial score (nSPS) is 32.7. The second-order valence-corrected chi connectivity index (χ2v) is 8.16. The molecule has 3 nitrogen and oxygen atoms in total. The summed E-state index contributed by atoms with van der Waals surface area (Å²) in [5, 5.41) is 3.62. The second kappa shape index (κ2) is 6.28. The van der Waals surface area contributed by atoms with Crippen molar-refractivity contribution in [3.8, 4) is 0 Å². The summed E-state index contributed by atoms with van der Waals surface area (Å²) in [7, 11) is 0. The Hall–Kier alpha value is -0.570. The predicted octanol–water partition coefficient (Wildman–Crippen LogP) is 3.34. The van der Waals surface area contributed by atoms with E-state index in [2.05, 4.69) is 24.1 Å². The summed E-state index contributed by atoms with van der Waals surface area (Å²) >= 11 is 0. The zero-order valence-corrected chi connectivity index (χ0v) is 13.9. The Morgan fingerprint density at radius 3 is 2.48 bits per heavy atom. The van der Waals surface area contributed by atoms with Crippen molar-refractivity contribution >= 4 is 5.91 Å². The number of rotatable bonds is 4. The van der Waals surface area contributed by atoms with Crippen molar-refractivity contribution in [1.82, 2.24) is 10.2 Å². The van der Waals surface area contributed by atoms with E-state index < -0.39 is 0 Å². The Bertz CT molecular complexity index is 369. The first-order valence-electron chi connectivity index (χ1n) is 9.12. The number of carbonyl (C=O) groups is 1. The van der Waals surface area contributed by atoms with Gasteiger partial charge in [-0.25, -0.2) is 0 Å². The Kier molecular flexibility index (Phi) is 4.58. The first-order valence-corrected chi connectivity index (χ1v) is 9.12. The third kappa shape index (κ3) is 3.61. The van der Waals surface area contributed by atoms with Crippen LogP contribution >= 0.6 is 0 Å². The van der Waals surface area contributed by atoms with Gasteiger partial charge < -0.3 is 10.2 Å². The summed E-state index contributed by atoms with van der Waals surface area (Å²) in [5.74, 6) is 0.727. The molecule has 1 N–H and O–H groups in total. The first-order chi connectivity index (χ1) is 10.1. The summed E-state index contributed by atoms with van der Waals surface area (Å²) in [6.45, 7) is 6.69. The van der Waals surface area contributed by atoms with E-state index in [9.17, 15) is 4.79 Å². The predicted molar refractivity (Wildman–Crippen MR) is 86.1 cm³/mol. The van der Waals surface area contributed by atoms with E-state index in [4.69, 9.17) is 0 Å². The van der Waals surface area contributed by atoms with Crippen molar-refractivity contribution in [3.63, 3.8) is 0 Å². The van der Waals surface area contributed by atoms with Crippen LogP contribution in [-0.2, 0) is 4.79 Å². The maximum Gasteiger partial charge on any atom is 0.226 e. The lowest BCUT2D eigenvalue weighted by atomic mass is 9.68. The minimum atomic E-state index is 0.197. The lowest BCUT2D eigenvalue weighted by Gasteiger charge is -2.41. The molecule has 1 aliphatic heterocycles. The molecule has 1 saturated heterocycles. The van der Waals surface area contributed by atoms with Crippen LogP contribution in [0.3, 0.4) is 0 Å². The van der Waals surface area contributed by atoms with Gasteiger partial charge >= 0.3 is 0 Å². The fourth-order valence-electron chi connectivity index (χ4n) is 4.27. The Morgan fingerprint density at radius 1 is 1.10 bits per heavy atom. The van der Waals surface area contributed by atoms with E-state index in [0.29, 0.717) is 18.0 Å². The number of piperidine rings is 1. The van der Waals surface area contributed by atoms with Crippen LogP contribution < -0.4 is 5.32 Å². The molecular weight excluding hydrogens is 260 g/mol. The molecule has 0 bridgehead atoms. The fraction of sp³-hybridized carbons (Fsp3) is 0.944. The second-order valence-electron chi connectivity index (χ2n) is 8.16. The number of hydrogen-bond donors (Lipinski definition) is 1. The van der Waals surface area contributed by atoms with E-state index in [1.807, 2.05) is 0 Å². The lowest BCUT2D eigenvalue weighted by molar-refractivity contribution is -0.142. The van der Waals surface area contributed by atoms with E-state index >= 15 is 0 Å². The molecule has 0 aromatic carbocycles. The molecule has 2 saturated carbocycles. The number of amides is 1. The van der Waals surface area contributed by atoms with Crippen LogP contribution in [0.4, 0.5) is 0 Å². The van der Waals surface area contributed by atoms with Gasteiger partial charge in [0.25, 0.3) is 0 Å². The number of carbonyl (C=O) groups excluding carboxylic acids is 1. The molecule has 3 heteroatoms. The van der Waals surface area contributed by atoms with Gasteiger partial charge in [-0.15, -0.1) is 0 Å². The highest BCUT2D eigenvalue weighted by Gasteiger charge is 2.43. The lowest BCUT2D eigenvalue weighted by Crippen LogP contribution is -2.50. The summed E-state index contributed by atoms with van der Waals surface area (Å²) in [6.07, 6.45) is 11.2. The van der Waals surface area contributed by atoms with Gasteiger partial charge in [-0.05, 0) is 50.5 Å². The molecule has 2 aliphatic carbocycles. The molecule has 3 rings (SSSR count). The van der Waals surface area contributed by atoms with Crippen LogP contribution in [0.1, 0.15) is 71.6 Å². The monoisotopic (exact) mass is 292 g/mol. The number of nitrogens with one attached hydrogen (secondary N) is 1. The smallest absolute Gasteiger partial charge is 0.226 e. The number of hydrogen-bond acceptors (Lipinski definition) is 2. The molecule has 3 aliphatic rings. The molecule has 3 fully saturated rings. The third-order valence-corrected chi connectivity index (χ3v) is 5.91. The third-order valence-electron chi connectivity index (χ3n) is 5.91. The Labute approximate surface area is 129 Å². The first kappa shape index (κ1) is 15.3. The summed E-state index contributed by atoms with van der Waals surface area (Å²) in [4.78, 5) is 15.4. The standard InChI is InChI=1S/C18H32N2O/c1-18(2)11-5-3-8-16(18)17(21)20(15-9-10-15)13-14-7-4-6-12-19-14/h14-16,19H,3-13H2,1-2H3. The molecule has 0 radical (unpaired) electrons. The van der Waals surface area contributed by atoms with Gasteiger partial charge in [0.15, 0.2) is 0 Å². The molecule has 2 atom stereocenters. The van der Waals surface area contributed by atoms with Crippen molar-refractivity contribution < 1.29 is 4.79 Å². The molecule has 0 spiro atoms. The van der Waals surface area contributed by atoms with Gasteiger partial charge in [-0.3, -0.25) is 4.79 Å². The van der Waals surface area contributed by atoms with Crippen LogP contribution in [0.25, 0.3) is 0 Å². The molecule has 1 heterocycles. The minimum absolute atomic E-state index is 0.197. The highest BCUT2D eigenvalue weighted by Crippen LogP contribution is 2.43. The van der Waals surface area contributed by atoms with Gasteiger partial charge in [0.1, 0.15) is 0 Å². The zero-order chi connectivity index (χ0) is 14.9. The van der Waals surface area contributed by atoms with Crippen LogP contribution in [0.15, 0.2) is 0 Å². The highest BCUT2D eigenvalue weighted by atomic mass is 16.2. The van der Waals surface area contributed by atoms with Gasteiger partial charge in [0.05, 0.1) is 0 Å². The summed E-state index contributed by atoms with van der Waals surface area (Å²) in [5.41, 5.74) is 0.197. The average molecular weight is 292 g/mol. The van der Waals surface area contributed by atoms with Crippen molar-refractivity contribution in [1.29, 1.82) is 0 Å². The molecule has 0 aromatic heterocycles. The molecule has 120 valence electrons. The maximum absolute atomic E-state index is 13.2.